The van der Waals surface area contributed by atoms with Gasteiger partial charge in [0.25, 0.3) is 0 Å². The van der Waals surface area contributed by atoms with Gasteiger partial charge in [-0.05, 0) is 50.5 Å². The van der Waals surface area contributed by atoms with Crippen LogP contribution < -0.4 is 9.47 Å². The Morgan fingerprint density at radius 1 is 1.18 bits per heavy atom. The molecule has 1 aliphatic heterocycles. The van der Waals surface area contributed by atoms with Crippen molar-refractivity contribution in [2.45, 2.75) is 51.4 Å². The van der Waals surface area contributed by atoms with E-state index in [-0.39, 0.29) is 13.2 Å². The molecule has 1 N–H and O–H groups in total. The maximum atomic E-state index is 12.8. The van der Waals surface area contributed by atoms with E-state index in [9.17, 15) is 13.2 Å². The summed E-state index contributed by atoms with van der Waals surface area (Å²) < 4.78 is 44.3. The number of rotatable bonds is 12. The van der Waals surface area contributed by atoms with Gasteiger partial charge < -0.3 is 19.3 Å². The van der Waals surface area contributed by atoms with Crippen molar-refractivity contribution in [2.75, 3.05) is 26.0 Å². The summed E-state index contributed by atoms with van der Waals surface area (Å²) >= 11 is 0. The SMILES string of the molecule is CC1(C)CC(N(CCCCOCC(=O)O)S(C)(=O)=O)c2cc(OCc3ccccc3)ccc2O1. The topological polar surface area (TPSA) is 102 Å². The zero-order valence-electron chi connectivity index (χ0n) is 19.9. The van der Waals surface area contributed by atoms with E-state index in [4.69, 9.17) is 19.3 Å². The molecule has 9 heteroatoms. The molecule has 34 heavy (non-hydrogen) atoms. The molecule has 0 bridgehead atoms. The summed E-state index contributed by atoms with van der Waals surface area (Å²) in [6, 6.07) is 15.0. The van der Waals surface area contributed by atoms with Crippen molar-refractivity contribution in [2.24, 2.45) is 0 Å². The van der Waals surface area contributed by atoms with Crippen LogP contribution in [-0.4, -0.2) is 55.4 Å². The molecule has 0 saturated heterocycles. The highest BCUT2D eigenvalue weighted by molar-refractivity contribution is 7.88. The summed E-state index contributed by atoms with van der Waals surface area (Å²) in [5.74, 6) is 0.266. The predicted octanol–water partition coefficient (Wildman–Crippen LogP) is 4.01. The van der Waals surface area contributed by atoms with Crippen molar-refractivity contribution < 1.29 is 32.5 Å². The van der Waals surface area contributed by atoms with Crippen molar-refractivity contribution in [3.63, 3.8) is 0 Å². The zero-order chi connectivity index (χ0) is 24.8. The van der Waals surface area contributed by atoms with E-state index < -0.39 is 27.6 Å². The van der Waals surface area contributed by atoms with Gasteiger partial charge >= 0.3 is 5.97 Å². The van der Waals surface area contributed by atoms with Gasteiger partial charge in [-0.3, -0.25) is 0 Å². The lowest BCUT2D eigenvalue weighted by atomic mass is 9.89. The minimum Gasteiger partial charge on any atom is -0.489 e. The van der Waals surface area contributed by atoms with E-state index in [1.807, 2.05) is 62.4 Å². The summed E-state index contributed by atoms with van der Waals surface area (Å²) in [6.07, 6.45) is 2.81. The number of nitrogens with zero attached hydrogens (tertiary/aromatic N) is 1. The highest BCUT2D eigenvalue weighted by Gasteiger charge is 2.40. The molecule has 0 amide bonds. The van der Waals surface area contributed by atoms with Crippen LogP contribution in [0.15, 0.2) is 48.5 Å². The van der Waals surface area contributed by atoms with Gasteiger partial charge in [0.2, 0.25) is 10.0 Å². The highest BCUT2D eigenvalue weighted by Crippen LogP contribution is 2.45. The predicted molar refractivity (Wildman–Crippen MR) is 129 cm³/mol. The second kappa shape index (κ2) is 11.2. The van der Waals surface area contributed by atoms with E-state index in [2.05, 4.69) is 0 Å². The smallest absolute Gasteiger partial charge is 0.329 e. The summed E-state index contributed by atoms with van der Waals surface area (Å²) in [7, 11) is -3.53. The van der Waals surface area contributed by atoms with E-state index in [0.29, 0.717) is 43.9 Å². The van der Waals surface area contributed by atoms with Crippen molar-refractivity contribution in [1.29, 1.82) is 0 Å². The van der Waals surface area contributed by atoms with E-state index >= 15 is 0 Å². The fourth-order valence-corrected chi connectivity index (χ4v) is 5.18. The third kappa shape index (κ3) is 7.44. The van der Waals surface area contributed by atoms with Crippen LogP contribution in [0.25, 0.3) is 0 Å². The van der Waals surface area contributed by atoms with Crippen LogP contribution >= 0.6 is 0 Å². The maximum Gasteiger partial charge on any atom is 0.329 e. The van der Waals surface area contributed by atoms with Gasteiger partial charge in [-0.2, -0.15) is 4.31 Å². The number of ether oxygens (including phenoxy) is 3. The molecule has 0 radical (unpaired) electrons. The zero-order valence-corrected chi connectivity index (χ0v) is 20.7. The van der Waals surface area contributed by atoms with Crippen molar-refractivity contribution in [3.05, 3.63) is 59.7 Å². The van der Waals surface area contributed by atoms with Crippen LogP contribution in [0, 0.1) is 0 Å². The molecule has 2 aromatic carbocycles. The number of hydrogen-bond donors (Lipinski definition) is 1. The second-order valence-corrected chi connectivity index (χ2v) is 11.0. The number of carboxylic acid groups (broad SMARTS) is 1. The fourth-order valence-electron chi connectivity index (χ4n) is 4.07. The molecule has 8 nitrogen and oxygen atoms in total. The van der Waals surface area contributed by atoms with Gasteiger partial charge in [0.15, 0.2) is 0 Å². The number of aliphatic carboxylic acids is 1. The fraction of sp³-hybridized carbons (Fsp3) is 0.480. The number of hydrogen-bond acceptors (Lipinski definition) is 6. The normalized spacial score (nSPS) is 17.1. The Kier molecular flexibility index (Phi) is 8.57. The second-order valence-electron chi connectivity index (χ2n) is 9.08. The summed E-state index contributed by atoms with van der Waals surface area (Å²) in [5, 5.41) is 8.67. The first-order chi connectivity index (χ1) is 16.0. The Balaban J connectivity index is 1.78. The lowest BCUT2D eigenvalue weighted by Gasteiger charge is -2.41. The molecule has 1 heterocycles. The van der Waals surface area contributed by atoms with E-state index in [1.54, 1.807) is 0 Å². The number of sulfonamides is 1. The summed E-state index contributed by atoms with van der Waals surface area (Å²) in [4.78, 5) is 10.6. The molecule has 0 aromatic heterocycles. The molecule has 0 fully saturated rings. The summed E-state index contributed by atoms with van der Waals surface area (Å²) in [6.45, 7) is 4.50. The average Bonchev–Trinajstić information content (AvgIpc) is 2.76. The van der Waals surface area contributed by atoms with E-state index in [1.165, 1.54) is 10.6 Å². The molecule has 1 unspecified atom stereocenters. The number of carbonyl (C=O) groups is 1. The first kappa shape index (κ1) is 26.0. The molecule has 0 saturated carbocycles. The number of carboxylic acids is 1. The Labute approximate surface area is 201 Å². The Morgan fingerprint density at radius 3 is 2.59 bits per heavy atom. The molecular formula is C25H33NO7S. The third-order valence-corrected chi connectivity index (χ3v) is 6.87. The van der Waals surface area contributed by atoms with Crippen LogP contribution in [-0.2, 0) is 26.2 Å². The number of benzene rings is 2. The standard InChI is InChI=1S/C25H33NO7S/c1-25(2)16-22(26(34(3,29)30)13-7-8-14-31-18-24(27)28)21-15-20(11-12-23(21)33-25)32-17-19-9-5-4-6-10-19/h4-6,9-12,15,22H,7-8,13-14,16-18H2,1-3H3,(H,27,28). The summed E-state index contributed by atoms with van der Waals surface area (Å²) in [5.41, 5.74) is 1.27. The molecular weight excluding hydrogens is 458 g/mol. The van der Waals surface area contributed by atoms with Gasteiger partial charge in [-0.1, -0.05) is 30.3 Å². The number of fused-ring (bicyclic) bond motifs is 1. The molecule has 0 aliphatic carbocycles. The Morgan fingerprint density at radius 2 is 1.91 bits per heavy atom. The Hall–Kier alpha value is -2.62. The van der Waals surface area contributed by atoms with Crippen molar-refractivity contribution in [3.8, 4) is 11.5 Å². The van der Waals surface area contributed by atoms with Gasteiger partial charge in [-0.25, -0.2) is 13.2 Å². The van der Waals surface area contributed by atoms with Crippen LogP contribution in [0.2, 0.25) is 0 Å². The average molecular weight is 492 g/mol. The minimum absolute atomic E-state index is 0.261. The molecule has 1 atom stereocenters. The quantitative estimate of drug-likeness (QED) is 0.448. The minimum atomic E-state index is -3.53. The van der Waals surface area contributed by atoms with E-state index in [0.717, 1.165) is 11.1 Å². The largest absolute Gasteiger partial charge is 0.489 e. The van der Waals surface area contributed by atoms with Gasteiger partial charge in [0.05, 0.1) is 12.3 Å². The molecule has 186 valence electrons. The van der Waals surface area contributed by atoms with Crippen molar-refractivity contribution in [1.82, 2.24) is 4.31 Å². The lowest BCUT2D eigenvalue weighted by Crippen LogP contribution is -2.43. The molecule has 1 aliphatic rings. The number of unbranched alkanes of at least 4 members (excludes halogenated alkanes) is 1. The molecule has 3 rings (SSSR count). The van der Waals surface area contributed by atoms with Crippen LogP contribution in [0.4, 0.5) is 0 Å². The van der Waals surface area contributed by atoms with Gasteiger partial charge in [-0.15, -0.1) is 0 Å². The van der Waals surface area contributed by atoms with Crippen LogP contribution in [0.3, 0.4) is 0 Å². The molecule has 0 spiro atoms. The first-order valence-corrected chi connectivity index (χ1v) is 13.2. The lowest BCUT2D eigenvalue weighted by molar-refractivity contribution is -0.142. The van der Waals surface area contributed by atoms with Gasteiger partial charge in [0.1, 0.15) is 30.3 Å². The van der Waals surface area contributed by atoms with Gasteiger partial charge in [0, 0.05) is 25.1 Å². The highest BCUT2D eigenvalue weighted by atomic mass is 32.2. The van der Waals surface area contributed by atoms with Crippen LogP contribution in [0.5, 0.6) is 11.5 Å². The first-order valence-electron chi connectivity index (χ1n) is 11.3. The monoisotopic (exact) mass is 491 g/mol. The van der Waals surface area contributed by atoms with Crippen molar-refractivity contribution >= 4 is 16.0 Å². The van der Waals surface area contributed by atoms with Crippen LogP contribution in [0.1, 0.15) is 50.3 Å². The third-order valence-electron chi connectivity index (χ3n) is 5.58. The Bertz CT molecular complexity index is 1070. The maximum absolute atomic E-state index is 12.8. The molecule has 2 aromatic rings.